The second kappa shape index (κ2) is 13.5. The molecule has 0 aromatic heterocycles. The maximum Gasteiger partial charge on any atom is 0.342 e. The van der Waals surface area contributed by atoms with E-state index in [2.05, 4.69) is 5.32 Å². The molecule has 1 heterocycles. The summed E-state index contributed by atoms with van der Waals surface area (Å²) in [7, 11) is 1.48. The van der Waals surface area contributed by atoms with Crippen molar-refractivity contribution >= 4 is 23.8 Å². The molecule has 0 unspecified atom stereocenters. The number of methoxy groups -OCH3 is 1. The molecule has 1 amide bonds. The third-order valence-electron chi connectivity index (χ3n) is 6.42. The molecule has 39 heavy (non-hydrogen) atoms. The number of fused-ring (bicyclic) bond motifs is 1. The first-order chi connectivity index (χ1) is 18.6. The normalized spacial score (nSPS) is 12.5. The largest absolute Gasteiger partial charge is 0.496 e. The Labute approximate surface area is 225 Å². The fourth-order valence-corrected chi connectivity index (χ4v) is 4.25. The highest BCUT2D eigenvalue weighted by atomic mass is 19.1. The van der Waals surface area contributed by atoms with E-state index in [1.165, 1.54) is 19.2 Å². The highest BCUT2D eigenvalue weighted by Gasteiger charge is 2.34. The monoisotopic (exact) mass is 541 g/mol. The van der Waals surface area contributed by atoms with Crippen LogP contribution in [0.1, 0.15) is 71.6 Å². The van der Waals surface area contributed by atoms with Crippen molar-refractivity contribution in [3.63, 3.8) is 0 Å². The molecular formula is C29H32FNO8. The second-order valence-electron chi connectivity index (χ2n) is 9.27. The Morgan fingerprint density at radius 2 is 1.82 bits per heavy atom. The molecule has 3 rings (SSSR count). The van der Waals surface area contributed by atoms with Crippen LogP contribution in [-0.4, -0.2) is 36.0 Å². The van der Waals surface area contributed by atoms with E-state index in [0.29, 0.717) is 28.9 Å². The van der Waals surface area contributed by atoms with Gasteiger partial charge in [0.1, 0.15) is 23.7 Å². The van der Waals surface area contributed by atoms with Gasteiger partial charge in [0, 0.05) is 36.9 Å². The van der Waals surface area contributed by atoms with Gasteiger partial charge in [0.2, 0.25) is 5.91 Å². The Morgan fingerprint density at radius 1 is 1.10 bits per heavy atom. The van der Waals surface area contributed by atoms with Gasteiger partial charge >= 0.3 is 17.9 Å². The minimum absolute atomic E-state index is 0.0195. The minimum Gasteiger partial charge on any atom is -0.496 e. The van der Waals surface area contributed by atoms with E-state index in [1.54, 1.807) is 26.0 Å². The van der Waals surface area contributed by atoms with Gasteiger partial charge < -0.3 is 24.6 Å². The lowest BCUT2D eigenvalue weighted by atomic mass is 9.94. The fourth-order valence-electron chi connectivity index (χ4n) is 4.25. The summed E-state index contributed by atoms with van der Waals surface area (Å²) in [6.07, 6.45) is 2.60. The van der Waals surface area contributed by atoms with Crippen LogP contribution in [0.3, 0.4) is 0 Å². The van der Waals surface area contributed by atoms with Crippen LogP contribution in [0.15, 0.2) is 35.9 Å². The molecule has 0 spiro atoms. The third-order valence-corrected chi connectivity index (χ3v) is 6.42. The minimum atomic E-state index is -0.907. The van der Waals surface area contributed by atoms with E-state index in [4.69, 9.17) is 19.3 Å². The zero-order valence-electron chi connectivity index (χ0n) is 22.2. The summed E-state index contributed by atoms with van der Waals surface area (Å²) in [5.74, 6) is -2.25. The first-order valence-electron chi connectivity index (χ1n) is 12.6. The number of aliphatic carboxylic acids is 1. The Balaban J connectivity index is 1.70. The molecule has 0 atom stereocenters. The van der Waals surface area contributed by atoms with Crippen LogP contribution in [0.25, 0.3) is 0 Å². The van der Waals surface area contributed by atoms with Crippen molar-refractivity contribution < 1.29 is 42.9 Å². The molecule has 0 saturated heterocycles. The predicted molar refractivity (Wildman–Crippen MR) is 139 cm³/mol. The number of hydrogen-bond donors (Lipinski definition) is 2. The molecule has 0 saturated carbocycles. The van der Waals surface area contributed by atoms with Gasteiger partial charge in [-0.2, -0.15) is 0 Å². The molecule has 2 aromatic carbocycles. The number of carboxylic acids is 1. The molecule has 2 aromatic rings. The predicted octanol–water partition coefficient (Wildman–Crippen LogP) is 4.56. The van der Waals surface area contributed by atoms with Crippen molar-refractivity contribution in [1.29, 1.82) is 0 Å². The molecule has 10 heteroatoms. The van der Waals surface area contributed by atoms with Crippen molar-refractivity contribution in [3.8, 4) is 11.5 Å². The van der Waals surface area contributed by atoms with Crippen LogP contribution in [-0.2, 0) is 38.7 Å². The van der Waals surface area contributed by atoms with E-state index in [9.17, 15) is 23.6 Å². The molecule has 2 N–H and O–H groups in total. The van der Waals surface area contributed by atoms with Crippen molar-refractivity contribution in [3.05, 3.63) is 69.5 Å². The highest BCUT2D eigenvalue weighted by Crippen LogP contribution is 2.43. The number of ether oxygens (including phenoxy) is 3. The topological polar surface area (TPSA) is 128 Å². The lowest BCUT2D eigenvalue weighted by Crippen LogP contribution is -2.23. The lowest BCUT2D eigenvalue weighted by Gasteiger charge is -2.19. The zero-order chi connectivity index (χ0) is 28.5. The summed E-state index contributed by atoms with van der Waals surface area (Å²) in [6.45, 7) is 3.86. The van der Waals surface area contributed by atoms with Gasteiger partial charge in [0.05, 0.1) is 7.11 Å². The Morgan fingerprint density at radius 3 is 2.49 bits per heavy atom. The molecule has 0 fully saturated rings. The van der Waals surface area contributed by atoms with Crippen molar-refractivity contribution in [2.45, 2.75) is 65.5 Å². The average Bonchev–Trinajstić information content (AvgIpc) is 3.29. The molecule has 0 radical (unpaired) electrons. The molecule has 0 aliphatic carbocycles. The van der Waals surface area contributed by atoms with Gasteiger partial charge in [0.15, 0.2) is 5.75 Å². The number of carbonyl (C=O) groups excluding carboxylic acids is 3. The summed E-state index contributed by atoms with van der Waals surface area (Å²) in [5.41, 5.74) is 3.50. The number of esters is 2. The summed E-state index contributed by atoms with van der Waals surface area (Å²) in [5, 5.41) is 11.7. The Bertz CT molecular complexity index is 1280. The molecule has 0 bridgehead atoms. The third kappa shape index (κ3) is 7.89. The number of rotatable bonds is 13. The van der Waals surface area contributed by atoms with Gasteiger partial charge in [-0.05, 0) is 56.4 Å². The van der Waals surface area contributed by atoms with E-state index in [1.807, 2.05) is 6.08 Å². The maximum absolute atomic E-state index is 13.0. The standard InChI is InChI=1S/C29H32FNO8/c1-17(8-14-24(33)34)7-13-21-27(37-3)18(2)22-16-38-29(36)26(22)28(21)39-25(35)6-4-5-23(32)31-15-19-9-11-20(30)12-10-19/h7,9-12H,4-6,8,13-16H2,1-3H3,(H,31,32)(H,33,34)/b17-7+. The highest BCUT2D eigenvalue weighted by molar-refractivity contribution is 5.99. The van der Waals surface area contributed by atoms with Gasteiger partial charge in [-0.3, -0.25) is 14.4 Å². The van der Waals surface area contributed by atoms with Crippen molar-refractivity contribution in [1.82, 2.24) is 5.32 Å². The zero-order valence-corrected chi connectivity index (χ0v) is 22.2. The molecule has 9 nitrogen and oxygen atoms in total. The lowest BCUT2D eigenvalue weighted by molar-refractivity contribution is -0.137. The Hall–Kier alpha value is -4.21. The Kier molecular flexibility index (Phi) is 10.2. The number of carboxylic acid groups (broad SMARTS) is 1. The van der Waals surface area contributed by atoms with Crippen LogP contribution in [0.4, 0.5) is 4.39 Å². The summed E-state index contributed by atoms with van der Waals surface area (Å²) < 4.78 is 29.5. The number of amides is 1. The number of carbonyl (C=O) groups is 4. The quantitative estimate of drug-likeness (QED) is 0.215. The smallest absolute Gasteiger partial charge is 0.342 e. The van der Waals surface area contributed by atoms with Crippen LogP contribution >= 0.6 is 0 Å². The van der Waals surface area contributed by atoms with E-state index in [0.717, 1.165) is 11.1 Å². The molecule has 1 aliphatic rings. The van der Waals surface area contributed by atoms with Crippen molar-refractivity contribution in [2.75, 3.05) is 7.11 Å². The van der Waals surface area contributed by atoms with Crippen LogP contribution < -0.4 is 14.8 Å². The van der Waals surface area contributed by atoms with E-state index >= 15 is 0 Å². The maximum atomic E-state index is 13.0. The number of cyclic esters (lactones) is 1. The summed E-state index contributed by atoms with van der Waals surface area (Å²) in [6, 6.07) is 5.77. The summed E-state index contributed by atoms with van der Waals surface area (Å²) in [4.78, 5) is 48.5. The number of halogens is 1. The number of allylic oxidation sites excluding steroid dienone is 2. The SMILES string of the molecule is COc1c(C)c2c(c(OC(=O)CCCC(=O)NCc3ccc(F)cc3)c1C/C=C(\C)CCC(=O)O)C(=O)OC2. The number of hydrogen-bond acceptors (Lipinski definition) is 7. The first kappa shape index (κ1) is 29.3. The number of nitrogens with one attached hydrogen (secondary N) is 1. The number of benzene rings is 2. The van der Waals surface area contributed by atoms with Gasteiger partial charge in [-0.1, -0.05) is 23.8 Å². The first-order valence-corrected chi connectivity index (χ1v) is 12.6. The second-order valence-corrected chi connectivity index (χ2v) is 9.27. The van der Waals surface area contributed by atoms with Crippen LogP contribution in [0.2, 0.25) is 0 Å². The van der Waals surface area contributed by atoms with Crippen molar-refractivity contribution in [2.24, 2.45) is 0 Å². The van der Waals surface area contributed by atoms with E-state index < -0.39 is 17.9 Å². The average molecular weight is 542 g/mol. The van der Waals surface area contributed by atoms with E-state index in [-0.39, 0.29) is 68.3 Å². The van der Waals surface area contributed by atoms with Gasteiger partial charge in [0.25, 0.3) is 0 Å². The van der Waals surface area contributed by atoms with Gasteiger partial charge in [-0.15, -0.1) is 0 Å². The molecule has 208 valence electrons. The van der Waals surface area contributed by atoms with Crippen LogP contribution in [0.5, 0.6) is 11.5 Å². The molecule has 1 aliphatic heterocycles. The summed E-state index contributed by atoms with van der Waals surface area (Å²) >= 11 is 0. The van der Waals surface area contributed by atoms with Crippen LogP contribution in [0, 0.1) is 12.7 Å². The van der Waals surface area contributed by atoms with Gasteiger partial charge in [-0.25, -0.2) is 9.18 Å². The molecular weight excluding hydrogens is 509 g/mol. The fraction of sp³-hybridized carbons (Fsp3) is 0.379.